The van der Waals surface area contributed by atoms with Crippen LogP contribution in [0, 0.1) is 27.7 Å². The summed E-state index contributed by atoms with van der Waals surface area (Å²) in [6, 6.07) is 12.8. The van der Waals surface area contributed by atoms with Crippen molar-refractivity contribution in [2.45, 2.75) is 67.2 Å². The Morgan fingerprint density at radius 3 is 1.59 bits per heavy atom. The molecule has 0 N–H and O–H groups in total. The van der Waals surface area contributed by atoms with Crippen molar-refractivity contribution < 1.29 is 16.5 Å². The number of aliphatic imine (C=N–C) groups is 2. The van der Waals surface area contributed by atoms with Crippen LogP contribution in [-0.4, -0.2) is 11.4 Å². The molecule has 0 saturated heterocycles. The monoisotopic (exact) mass is 406 g/mol. The molecule has 0 unspecified atom stereocenters. The fraction of sp³-hybridized carbons (Fsp3) is 0.417. The van der Waals surface area contributed by atoms with Crippen LogP contribution in [-0.2, 0) is 16.5 Å². The Kier molecular flexibility index (Phi) is 9.66. The van der Waals surface area contributed by atoms with Gasteiger partial charge in [0.05, 0.1) is 22.8 Å². The van der Waals surface area contributed by atoms with Crippen molar-refractivity contribution in [1.29, 1.82) is 0 Å². The molecule has 0 bridgehead atoms. The smallest absolute Gasteiger partial charge is 0.0636 e. The molecule has 2 aromatic rings. The number of hydrogen-bond donors (Lipinski definition) is 0. The SMILES string of the molecule is CCCCC(=Nc1ccc(C)c(C)c1)C(CC)=Nc1ccc(C)c(C)c1.[Ni]. The number of benzene rings is 2. The Labute approximate surface area is 175 Å². The van der Waals surface area contributed by atoms with E-state index in [0.717, 1.165) is 48.5 Å². The van der Waals surface area contributed by atoms with Gasteiger partial charge in [0, 0.05) is 16.5 Å². The number of aryl methyl sites for hydroxylation is 4. The Morgan fingerprint density at radius 1 is 0.704 bits per heavy atom. The third-order valence-electron chi connectivity index (χ3n) is 4.94. The van der Waals surface area contributed by atoms with Crippen LogP contribution in [0.15, 0.2) is 46.4 Å². The fourth-order valence-corrected chi connectivity index (χ4v) is 2.86. The van der Waals surface area contributed by atoms with Gasteiger partial charge in [-0.25, -0.2) is 0 Å². The predicted molar refractivity (Wildman–Crippen MR) is 116 cm³/mol. The first-order valence-corrected chi connectivity index (χ1v) is 9.74. The average molecular weight is 407 g/mol. The molecule has 0 aliphatic heterocycles. The van der Waals surface area contributed by atoms with Crippen LogP contribution < -0.4 is 0 Å². The van der Waals surface area contributed by atoms with Crippen molar-refractivity contribution in [2.24, 2.45) is 9.98 Å². The minimum absolute atomic E-state index is 0. The molecule has 0 spiro atoms. The van der Waals surface area contributed by atoms with E-state index in [1.54, 1.807) is 0 Å². The van der Waals surface area contributed by atoms with E-state index in [2.05, 4.69) is 77.9 Å². The normalized spacial score (nSPS) is 12.1. The second-order valence-electron chi connectivity index (χ2n) is 7.11. The van der Waals surface area contributed by atoms with Crippen molar-refractivity contribution >= 4 is 22.8 Å². The molecule has 148 valence electrons. The second-order valence-corrected chi connectivity index (χ2v) is 7.11. The summed E-state index contributed by atoms with van der Waals surface area (Å²) in [5, 5.41) is 0. The summed E-state index contributed by atoms with van der Waals surface area (Å²) in [6.07, 6.45) is 4.16. The van der Waals surface area contributed by atoms with Crippen LogP contribution in [0.3, 0.4) is 0 Å². The van der Waals surface area contributed by atoms with Crippen molar-refractivity contribution in [3.8, 4) is 0 Å². The molecule has 27 heavy (non-hydrogen) atoms. The van der Waals surface area contributed by atoms with Crippen molar-refractivity contribution in [3.05, 3.63) is 58.7 Å². The van der Waals surface area contributed by atoms with E-state index in [1.165, 1.54) is 22.3 Å². The molecule has 0 heterocycles. The predicted octanol–water partition coefficient (Wildman–Crippen LogP) is 7.36. The van der Waals surface area contributed by atoms with Gasteiger partial charge in [-0.1, -0.05) is 32.4 Å². The van der Waals surface area contributed by atoms with Gasteiger partial charge in [-0.15, -0.1) is 0 Å². The Bertz CT molecular complexity index is 819. The standard InChI is InChI=1S/C24H32N2.Ni/c1-7-9-10-24(26-22-14-12-18(4)20(6)16-22)23(8-2)25-21-13-11-17(3)19(5)15-21;/h11-16H,7-10H2,1-6H3;. The third kappa shape index (κ3) is 6.74. The molecule has 0 amide bonds. The van der Waals surface area contributed by atoms with E-state index in [-0.39, 0.29) is 16.5 Å². The quantitative estimate of drug-likeness (QED) is 0.338. The van der Waals surface area contributed by atoms with Crippen molar-refractivity contribution in [3.63, 3.8) is 0 Å². The molecule has 0 fully saturated rings. The second kappa shape index (κ2) is 11.2. The first kappa shape index (κ1) is 23.3. The molecule has 0 aromatic heterocycles. The maximum atomic E-state index is 4.99. The van der Waals surface area contributed by atoms with E-state index >= 15 is 0 Å². The van der Waals surface area contributed by atoms with Crippen LogP contribution >= 0.6 is 0 Å². The summed E-state index contributed by atoms with van der Waals surface area (Å²) < 4.78 is 0. The summed E-state index contributed by atoms with van der Waals surface area (Å²) in [5.74, 6) is 0. The van der Waals surface area contributed by atoms with E-state index < -0.39 is 0 Å². The van der Waals surface area contributed by atoms with E-state index in [0.29, 0.717) is 0 Å². The zero-order valence-electron chi connectivity index (χ0n) is 17.5. The molecule has 2 nitrogen and oxygen atoms in total. The maximum Gasteiger partial charge on any atom is 0.0636 e. The third-order valence-corrected chi connectivity index (χ3v) is 4.94. The van der Waals surface area contributed by atoms with Gasteiger partial charge >= 0.3 is 0 Å². The van der Waals surface area contributed by atoms with E-state index in [4.69, 9.17) is 9.98 Å². The van der Waals surface area contributed by atoms with Gasteiger partial charge in [0.15, 0.2) is 0 Å². The summed E-state index contributed by atoms with van der Waals surface area (Å²) >= 11 is 0. The Morgan fingerprint density at radius 2 is 1.19 bits per heavy atom. The first-order chi connectivity index (χ1) is 12.4. The fourth-order valence-electron chi connectivity index (χ4n) is 2.86. The van der Waals surface area contributed by atoms with Gasteiger partial charge < -0.3 is 0 Å². The van der Waals surface area contributed by atoms with Crippen molar-refractivity contribution in [1.82, 2.24) is 0 Å². The van der Waals surface area contributed by atoms with Gasteiger partial charge in [0.25, 0.3) is 0 Å². The summed E-state index contributed by atoms with van der Waals surface area (Å²) in [4.78, 5) is 9.95. The maximum absolute atomic E-state index is 4.99. The van der Waals surface area contributed by atoms with Gasteiger partial charge in [0.1, 0.15) is 0 Å². The number of nitrogens with zero attached hydrogens (tertiary/aromatic N) is 2. The van der Waals surface area contributed by atoms with Crippen molar-refractivity contribution in [2.75, 3.05) is 0 Å². The molecule has 2 rings (SSSR count). The number of unbranched alkanes of at least 4 members (excludes halogenated alkanes) is 1. The molecular weight excluding hydrogens is 375 g/mol. The zero-order valence-corrected chi connectivity index (χ0v) is 18.5. The largest absolute Gasteiger partial charge is 0.252 e. The molecule has 0 atom stereocenters. The van der Waals surface area contributed by atoms with Gasteiger partial charge in [-0.05, 0) is 93.5 Å². The minimum atomic E-state index is 0. The zero-order chi connectivity index (χ0) is 19.1. The summed E-state index contributed by atoms with van der Waals surface area (Å²) in [7, 11) is 0. The molecule has 0 aliphatic rings. The van der Waals surface area contributed by atoms with Crippen LogP contribution in [0.5, 0.6) is 0 Å². The minimum Gasteiger partial charge on any atom is -0.252 e. The summed E-state index contributed by atoms with van der Waals surface area (Å²) in [6.45, 7) is 12.9. The Balaban J connectivity index is 0.00000364. The molecule has 0 aliphatic carbocycles. The topological polar surface area (TPSA) is 24.7 Å². The number of hydrogen-bond acceptors (Lipinski definition) is 2. The van der Waals surface area contributed by atoms with Crippen LogP contribution in [0.4, 0.5) is 11.4 Å². The molecule has 2 aromatic carbocycles. The average Bonchev–Trinajstić information content (AvgIpc) is 2.62. The van der Waals surface area contributed by atoms with Crippen LogP contribution in [0.25, 0.3) is 0 Å². The first-order valence-electron chi connectivity index (χ1n) is 9.74. The Hall–Kier alpha value is -1.73. The van der Waals surface area contributed by atoms with Gasteiger partial charge in [0.2, 0.25) is 0 Å². The van der Waals surface area contributed by atoms with Gasteiger partial charge in [-0.3, -0.25) is 9.98 Å². The summed E-state index contributed by atoms with van der Waals surface area (Å²) in [5.41, 5.74) is 9.44. The molecule has 3 heteroatoms. The van der Waals surface area contributed by atoms with E-state index in [1.807, 2.05) is 0 Å². The van der Waals surface area contributed by atoms with E-state index in [9.17, 15) is 0 Å². The number of rotatable bonds is 7. The van der Waals surface area contributed by atoms with Gasteiger partial charge in [-0.2, -0.15) is 0 Å². The molecule has 0 radical (unpaired) electrons. The molecular formula is C24H32N2Ni. The van der Waals surface area contributed by atoms with Crippen LogP contribution in [0.1, 0.15) is 61.8 Å². The van der Waals surface area contributed by atoms with Crippen LogP contribution in [0.2, 0.25) is 0 Å². The molecule has 0 saturated carbocycles.